The van der Waals surface area contributed by atoms with E-state index in [-0.39, 0.29) is 11.4 Å². The lowest BCUT2D eigenvalue weighted by atomic mass is 10.1. The summed E-state index contributed by atoms with van der Waals surface area (Å²) in [6.45, 7) is 0.998. The van der Waals surface area contributed by atoms with Gasteiger partial charge in [0.05, 0.1) is 4.90 Å². The summed E-state index contributed by atoms with van der Waals surface area (Å²) in [5.74, 6) is -0.240. The fourth-order valence-corrected chi connectivity index (χ4v) is 4.43. The van der Waals surface area contributed by atoms with Crippen LogP contribution in [-0.2, 0) is 14.8 Å². The van der Waals surface area contributed by atoms with Crippen molar-refractivity contribution in [1.82, 2.24) is 4.31 Å². The lowest BCUT2D eigenvalue weighted by molar-refractivity contribution is -0.142. The van der Waals surface area contributed by atoms with Crippen LogP contribution in [0.4, 0.5) is 0 Å². The van der Waals surface area contributed by atoms with Crippen LogP contribution in [0.25, 0.3) is 0 Å². The summed E-state index contributed by atoms with van der Waals surface area (Å²) >= 11 is 0. The number of hydrogen-bond acceptors (Lipinski definition) is 5. The smallest absolute Gasteiger partial charge is 0.322 e. The normalized spacial score (nSPS) is 22.3. The third-order valence-electron chi connectivity index (χ3n) is 3.86. The molecule has 1 atom stereocenters. The van der Waals surface area contributed by atoms with Gasteiger partial charge in [-0.1, -0.05) is 0 Å². The summed E-state index contributed by atoms with van der Waals surface area (Å²) in [6, 6.07) is 3.36. The van der Waals surface area contributed by atoms with Crippen molar-refractivity contribution < 1.29 is 27.8 Å². The Hall–Kier alpha value is -1.80. The molecule has 120 valence electrons. The first-order chi connectivity index (χ1) is 10.5. The standard InChI is InChI=1S/C14H17NO6S/c16-14(17)11-3-1-2-6-15(11)22(18,19)10-4-5-12-13(9-10)21-8-7-20-12/h4-5,9,11H,1-3,6-8H2,(H,16,17). The van der Waals surface area contributed by atoms with Gasteiger partial charge in [0.25, 0.3) is 0 Å². The monoisotopic (exact) mass is 327 g/mol. The molecule has 1 saturated heterocycles. The zero-order valence-electron chi connectivity index (χ0n) is 11.9. The molecule has 0 bridgehead atoms. The fourth-order valence-electron chi connectivity index (χ4n) is 2.76. The van der Waals surface area contributed by atoms with Gasteiger partial charge in [0.15, 0.2) is 11.5 Å². The maximum Gasteiger partial charge on any atom is 0.322 e. The summed E-state index contributed by atoms with van der Waals surface area (Å²) in [5, 5.41) is 9.26. The lowest BCUT2D eigenvalue weighted by Crippen LogP contribution is -2.47. The minimum Gasteiger partial charge on any atom is -0.486 e. The van der Waals surface area contributed by atoms with Crippen LogP contribution >= 0.6 is 0 Å². The Balaban J connectivity index is 1.96. The molecule has 0 aromatic heterocycles. The van der Waals surface area contributed by atoms with Gasteiger partial charge in [-0.05, 0) is 31.4 Å². The number of nitrogens with zero attached hydrogens (tertiary/aromatic N) is 1. The molecule has 2 aliphatic heterocycles. The number of sulfonamides is 1. The molecule has 3 rings (SSSR count). The number of carboxylic acid groups (broad SMARTS) is 1. The van der Waals surface area contributed by atoms with E-state index in [0.717, 1.165) is 4.31 Å². The summed E-state index contributed by atoms with van der Waals surface area (Å²) in [6.07, 6.45) is 1.71. The second kappa shape index (κ2) is 5.77. The number of hydrogen-bond donors (Lipinski definition) is 1. The summed E-state index contributed by atoms with van der Waals surface area (Å²) < 4.78 is 37.3. The molecule has 0 aliphatic carbocycles. The van der Waals surface area contributed by atoms with Crippen LogP contribution in [0.15, 0.2) is 23.1 Å². The Morgan fingerprint density at radius 1 is 1.18 bits per heavy atom. The van der Waals surface area contributed by atoms with E-state index < -0.39 is 22.0 Å². The summed E-state index contributed by atoms with van der Waals surface area (Å²) in [4.78, 5) is 11.4. The molecular formula is C14H17NO6S. The maximum absolute atomic E-state index is 12.8. The molecule has 0 radical (unpaired) electrons. The molecule has 2 aliphatic rings. The number of piperidine rings is 1. The number of aliphatic carboxylic acids is 1. The van der Waals surface area contributed by atoms with Crippen LogP contribution in [-0.4, -0.2) is 49.6 Å². The van der Waals surface area contributed by atoms with E-state index in [4.69, 9.17) is 9.47 Å². The van der Waals surface area contributed by atoms with Crippen LogP contribution in [0.1, 0.15) is 19.3 Å². The van der Waals surface area contributed by atoms with Crippen molar-refractivity contribution in [2.75, 3.05) is 19.8 Å². The minimum atomic E-state index is -3.87. The van der Waals surface area contributed by atoms with Gasteiger partial charge in [-0.15, -0.1) is 0 Å². The van der Waals surface area contributed by atoms with Gasteiger partial charge >= 0.3 is 5.97 Å². The Morgan fingerprint density at radius 2 is 1.91 bits per heavy atom. The highest BCUT2D eigenvalue weighted by molar-refractivity contribution is 7.89. The van der Waals surface area contributed by atoms with Gasteiger partial charge in [-0.25, -0.2) is 8.42 Å². The van der Waals surface area contributed by atoms with Crippen molar-refractivity contribution >= 4 is 16.0 Å². The molecule has 1 N–H and O–H groups in total. The molecule has 0 amide bonds. The van der Waals surface area contributed by atoms with Crippen LogP contribution in [0.3, 0.4) is 0 Å². The molecule has 7 nitrogen and oxygen atoms in total. The number of rotatable bonds is 3. The van der Waals surface area contributed by atoms with Crippen LogP contribution in [0.5, 0.6) is 11.5 Å². The van der Waals surface area contributed by atoms with Gasteiger partial charge in [0, 0.05) is 12.6 Å². The number of ether oxygens (including phenoxy) is 2. The van der Waals surface area contributed by atoms with E-state index in [2.05, 4.69) is 0 Å². The molecule has 8 heteroatoms. The zero-order valence-corrected chi connectivity index (χ0v) is 12.7. The Morgan fingerprint density at radius 3 is 2.64 bits per heavy atom. The lowest BCUT2D eigenvalue weighted by Gasteiger charge is -2.32. The van der Waals surface area contributed by atoms with Crippen LogP contribution in [0.2, 0.25) is 0 Å². The van der Waals surface area contributed by atoms with E-state index in [9.17, 15) is 18.3 Å². The highest BCUT2D eigenvalue weighted by Crippen LogP contribution is 2.34. The van der Waals surface area contributed by atoms with E-state index in [1.165, 1.54) is 12.1 Å². The van der Waals surface area contributed by atoms with Crippen molar-refractivity contribution in [2.45, 2.75) is 30.2 Å². The molecule has 1 unspecified atom stereocenters. The quantitative estimate of drug-likeness (QED) is 0.893. The molecule has 1 aromatic rings. The second-order valence-electron chi connectivity index (χ2n) is 5.27. The third-order valence-corrected chi connectivity index (χ3v) is 5.76. The van der Waals surface area contributed by atoms with Crippen molar-refractivity contribution in [3.05, 3.63) is 18.2 Å². The predicted molar refractivity (Wildman–Crippen MR) is 76.6 cm³/mol. The van der Waals surface area contributed by atoms with Gasteiger partial charge in [0.1, 0.15) is 19.3 Å². The van der Waals surface area contributed by atoms with Crippen LogP contribution < -0.4 is 9.47 Å². The Bertz CT molecular complexity index is 687. The first-order valence-electron chi connectivity index (χ1n) is 7.14. The second-order valence-corrected chi connectivity index (χ2v) is 7.16. The van der Waals surface area contributed by atoms with Gasteiger partial charge in [-0.2, -0.15) is 4.31 Å². The van der Waals surface area contributed by atoms with Gasteiger partial charge in [0.2, 0.25) is 10.0 Å². The molecule has 2 heterocycles. The van der Waals surface area contributed by atoms with Crippen molar-refractivity contribution in [2.24, 2.45) is 0 Å². The minimum absolute atomic E-state index is 0.0323. The molecule has 0 spiro atoms. The van der Waals surface area contributed by atoms with E-state index in [1.54, 1.807) is 6.07 Å². The Labute approximate surface area is 128 Å². The predicted octanol–water partition coefficient (Wildman–Crippen LogP) is 1.09. The first-order valence-corrected chi connectivity index (χ1v) is 8.58. The number of benzene rings is 1. The van der Waals surface area contributed by atoms with Crippen molar-refractivity contribution in [1.29, 1.82) is 0 Å². The molecule has 22 heavy (non-hydrogen) atoms. The molecular weight excluding hydrogens is 310 g/mol. The molecule has 1 aromatic carbocycles. The van der Waals surface area contributed by atoms with E-state index in [1.807, 2.05) is 0 Å². The number of carbonyl (C=O) groups is 1. The average molecular weight is 327 g/mol. The molecule has 1 fully saturated rings. The van der Waals surface area contributed by atoms with Gasteiger partial charge in [-0.3, -0.25) is 4.79 Å². The van der Waals surface area contributed by atoms with Crippen LogP contribution in [0, 0.1) is 0 Å². The van der Waals surface area contributed by atoms with E-state index in [0.29, 0.717) is 44.0 Å². The fraction of sp³-hybridized carbons (Fsp3) is 0.500. The first kappa shape index (κ1) is 15.1. The number of carboxylic acids is 1. The Kier molecular flexibility index (Phi) is 3.96. The van der Waals surface area contributed by atoms with E-state index >= 15 is 0 Å². The SMILES string of the molecule is O=C(O)C1CCCCN1S(=O)(=O)c1ccc2c(c1)OCCO2. The largest absolute Gasteiger partial charge is 0.486 e. The summed E-state index contributed by atoms with van der Waals surface area (Å²) in [5.41, 5.74) is 0. The van der Waals surface area contributed by atoms with Crippen molar-refractivity contribution in [3.63, 3.8) is 0 Å². The highest BCUT2D eigenvalue weighted by atomic mass is 32.2. The van der Waals surface area contributed by atoms with Gasteiger partial charge < -0.3 is 14.6 Å². The average Bonchev–Trinajstić information content (AvgIpc) is 2.54. The third kappa shape index (κ3) is 2.64. The molecule has 0 saturated carbocycles. The summed E-state index contributed by atoms with van der Waals surface area (Å²) in [7, 11) is -3.87. The topological polar surface area (TPSA) is 93.1 Å². The highest BCUT2D eigenvalue weighted by Gasteiger charge is 2.38. The maximum atomic E-state index is 12.8. The number of fused-ring (bicyclic) bond motifs is 1. The van der Waals surface area contributed by atoms with Crippen molar-refractivity contribution in [3.8, 4) is 11.5 Å². The zero-order chi connectivity index (χ0) is 15.7.